The third-order valence-corrected chi connectivity index (χ3v) is 2.15. The average Bonchev–Trinajstić information content (AvgIpc) is 2.18. The van der Waals surface area contributed by atoms with Crippen LogP contribution in [0.3, 0.4) is 0 Å². The summed E-state index contributed by atoms with van der Waals surface area (Å²) in [4.78, 5) is 14.8. The molecule has 0 amide bonds. The molecule has 0 fully saturated rings. The maximum atomic E-state index is 10.9. The molecule has 1 heterocycles. The number of carboxylic acids is 1. The molecular weight excluding hydrogens is 260 g/mol. The number of carbonyl (C=O) groups is 1. The van der Waals surface area contributed by atoms with E-state index in [-0.39, 0.29) is 6.54 Å². The minimum absolute atomic E-state index is 0.198. The molecule has 0 aliphatic carbocycles. The average molecular weight is 269 g/mol. The van der Waals surface area contributed by atoms with Crippen LogP contribution in [0.4, 0.5) is 0 Å². The summed E-state index contributed by atoms with van der Waals surface area (Å²) < 4.78 is 0.730. The van der Waals surface area contributed by atoms with Gasteiger partial charge in [-0.3, -0.25) is 15.1 Å². The summed E-state index contributed by atoms with van der Waals surface area (Å²) in [6, 6.07) is 0.862. The van der Waals surface area contributed by atoms with E-state index in [0.717, 1.165) is 4.47 Å². The molecule has 78 valence electrons. The fourth-order valence-electron chi connectivity index (χ4n) is 1.09. The van der Waals surface area contributed by atoms with Gasteiger partial charge in [0.2, 0.25) is 0 Å². The van der Waals surface area contributed by atoms with E-state index in [1.54, 1.807) is 12.3 Å². The number of hydrogen-bond acceptors (Lipinski definition) is 3. The number of nitrogens with one attached hydrogen (secondary N) is 1. The molecule has 15 heavy (non-hydrogen) atoms. The molecule has 0 aliphatic rings. The van der Waals surface area contributed by atoms with E-state index in [4.69, 9.17) is 11.5 Å². The van der Waals surface area contributed by atoms with Crippen LogP contribution in [0.1, 0.15) is 11.6 Å². The minimum atomic E-state index is -0.981. The Balaban J connectivity index is 2.89. The number of terminal acetylenes is 1. The van der Waals surface area contributed by atoms with Crippen LogP contribution in [0.25, 0.3) is 0 Å². The molecule has 4 nitrogen and oxygen atoms in total. The van der Waals surface area contributed by atoms with E-state index >= 15 is 0 Å². The summed E-state index contributed by atoms with van der Waals surface area (Å²) in [6.45, 7) is 0.198. The maximum absolute atomic E-state index is 10.9. The van der Waals surface area contributed by atoms with Crippen LogP contribution in [0, 0.1) is 12.3 Å². The molecule has 1 aromatic heterocycles. The Labute approximate surface area is 95.8 Å². The Hall–Kier alpha value is -1.38. The van der Waals surface area contributed by atoms with Gasteiger partial charge in [0.15, 0.2) is 0 Å². The van der Waals surface area contributed by atoms with Crippen LogP contribution in [-0.4, -0.2) is 22.6 Å². The molecule has 1 rings (SSSR count). The standard InChI is InChI=1S/C10H9BrN2O2/c1-2-3-13-9(10(14)15)7-4-8(11)6-12-5-7/h1,4-6,9,13H,3H2,(H,14,15). The quantitative estimate of drug-likeness (QED) is 0.806. The van der Waals surface area contributed by atoms with Gasteiger partial charge in [-0.15, -0.1) is 6.42 Å². The highest BCUT2D eigenvalue weighted by molar-refractivity contribution is 9.10. The van der Waals surface area contributed by atoms with E-state index < -0.39 is 12.0 Å². The van der Waals surface area contributed by atoms with Crippen molar-refractivity contribution < 1.29 is 9.90 Å². The SMILES string of the molecule is C#CCNC(C(=O)O)c1cncc(Br)c1. The second-order valence-electron chi connectivity index (χ2n) is 2.79. The molecule has 0 aromatic carbocycles. The van der Waals surface area contributed by atoms with E-state index in [2.05, 4.69) is 32.2 Å². The molecule has 0 saturated heterocycles. The molecule has 1 unspecified atom stereocenters. The van der Waals surface area contributed by atoms with Crippen molar-refractivity contribution in [3.05, 3.63) is 28.5 Å². The lowest BCUT2D eigenvalue weighted by Crippen LogP contribution is -2.28. The first-order valence-corrected chi connectivity index (χ1v) is 4.94. The zero-order chi connectivity index (χ0) is 11.3. The summed E-state index contributed by atoms with van der Waals surface area (Å²) in [7, 11) is 0. The van der Waals surface area contributed by atoms with Gasteiger partial charge < -0.3 is 5.11 Å². The Bertz CT molecular complexity index is 401. The maximum Gasteiger partial charge on any atom is 0.325 e. The lowest BCUT2D eigenvalue weighted by Gasteiger charge is -2.12. The van der Waals surface area contributed by atoms with Crippen molar-refractivity contribution in [2.45, 2.75) is 6.04 Å². The number of aliphatic carboxylic acids is 1. The van der Waals surface area contributed by atoms with Crippen LogP contribution in [0.2, 0.25) is 0 Å². The predicted octanol–water partition coefficient (Wildman–Crippen LogP) is 1.19. The van der Waals surface area contributed by atoms with E-state index in [1.165, 1.54) is 6.20 Å². The molecule has 0 radical (unpaired) electrons. The van der Waals surface area contributed by atoms with Gasteiger partial charge in [0.05, 0.1) is 6.54 Å². The number of pyridine rings is 1. The molecule has 0 bridgehead atoms. The number of hydrogen-bond donors (Lipinski definition) is 2. The van der Waals surface area contributed by atoms with E-state index in [0.29, 0.717) is 5.56 Å². The summed E-state index contributed by atoms with van der Waals surface area (Å²) in [6.07, 6.45) is 8.13. The normalized spacial score (nSPS) is 11.7. The van der Waals surface area contributed by atoms with Crippen molar-refractivity contribution >= 4 is 21.9 Å². The van der Waals surface area contributed by atoms with Gasteiger partial charge >= 0.3 is 5.97 Å². The van der Waals surface area contributed by atoms with Crippen LogP contribution < -0.4 is 5.32 Å². The summed E-state index contributed by atoms with van der Waals surface area (Å²) in [5, 5.41) is 11.7. The van der Waals surface area contributed by atoms with Crippen LogP contribution >= 0.6 is 15.9 Å². The first-order chi connectivity index (χ1) is 7.15. The highest BCUT2D eigenvalue weighted by Crippen LogP contribution is 2.16. The van der Waals surface area contributed by atoms with Crippen molar-refractivity contribution in [1.82, 2.24) is 10.3 Å². The molecule has 1 aromatic rings. The Morgan fingerprint density at radius 2 is 2.47 bits per heavy atom. The Kier molecular flexibility index (Phi) is 4.28. The fourth-order valence-corrected chi connectivity index (χ4v) is 1.48. The summed E-state index contributed by atoms with van der Waals surface area (Å²) in [5.41, 5.74) is 0.562. The van der Waals surface area contributed by atoms with Crippen molar-refractivity contribution in [2.24, 2.45) is 0 Å². The molecule has 1 atom stereocenters. The third kappa shape index (κ3) is 3.35. The molecule has 0 spiro atoms. The number of halogens is 1. The predicted molar refractivity (Wildman–Crippen MR) is 59.1 cm³/mol. The van der Waals surface area contributed by atoms with Crippen molar-refractivity contribution in [1.29, 1.82) is 0 Å². The third-order valence-electron chi connectivity index (χ3n) is 1.71. The number of nitrogens with zero attached hydrogens (tertiary/aromatic N) is 1. The van der Waals surface area contributed by atoms with Gasteiger partial charge in [0.25, 0.3) is 0 Å². The van der Waals surface area contributed by atoms with Gasteiger partial charge in [-0.25, -0.2) is 0 Å². The van der Waals surface area contributed by atoms with Crippen molar-refractivity contribution in [3.63, 3.8) is 0 Å². The van der Waals surface area contributed by atoms with Gasteiger partial charge in [-0.05, 0) is 27.6 Å². The smallest absolute Gasteiger partial charge is 0.325 e. The van der Waals surface area contributed by atoms with Gasteiger partial charge in [-0.1, -0.05) is 5.92 Å². The second kappa shape index (κ2) is 5.49. The van der Waals surface area contributed by atoms with Gasteiger partial charge in [0, 0.05) is 16.9 Å². The van der Waals surface area contributed by atoms with E-state index in [1.807, 2.05) is 0 Å². The molecule has 2 N–H and O–H groups in total. The monoisotopic (exact) mass is 268 g/mol. The van der Waals surface area contributed by atoms with Crippen molar-refractivity contribution in [2.75, 3.05) is 6.54 Å². The topological polar surface area (TPSA) is 62.2 Å². The van der Waals surface area contributed by atoms with Crippen LogP contribution in [0.5, 0.6) is 0 Å². The Morgan fingerprint density at radius 1 is 1.73 bits per heavy atom. The van der Waals surface area contributed by atoms with Crippen LogP contribution in [0.15, 0.2) is 22.9 Å². The molecular formula is C10H9BrN2O2. The Morgan fingerprint density at radius 3 is 3.00 bits per heavy atom. The molecule has 5 heteroatoms. The first kappa shape index (κ1) is 11.7. The lowest BCUT2D eigenvalue weighted by molar-refractivity contribution is -0.139. The summed E-state index contributed by atoms with van der Waals surface area (Å²) >= 11 is 3.22. The summed E-state index contributed by atoms with van der Waals surface area (Å²) in [5.74, 6) is 1.35. The van der Waals surface area contributed by atoms with Crippen molar-refractivity contribution in [3.8, 4) is 12.3 Å². The highest BCUT2D eigenvalue weighted by atomic mass is 79.9. The lowest BCUT2D eigenvalue weighted by atomic mass is 10.1. The first-order valence-electron chi connectivity index (χ1n) is 4.15. The fraction of sp³-hybridized carbons (Fsp3) is 0.200. The van der Waals surface area contributed by atoms with Crippen LogP contribution in [-0.2, 0) is 4.79 Å². The second-order valence-corrected chi connectivity index (χ2v) is 3.71. The number of carboxylic acid groups (broad SMARTS) is 1. The zero-order valence-electron chi connectivity index (χ0n) is 7.77. The van der Waals surface area contributed by atoms with Gasteiger partial charge in [0.1, 0.15) is 6.04 Å². The highest BCUT2D eigenvalue weighted by Gasteiger charge is 2.18. The molecule has 0 saturated carbocycles. The molecule has 0 aliphatic heterocycles. The zero-order valence-corrected chi connectivity index (χ0v) is 9.36. The van der Waals surface area contributed by atoms with E-state index in [9.17, 15) is 4.79 Å². The number of rotatable bonds is 4. The number of aromatic nitrogens is 1. The van der Waals surface area contributed by atoms with Gasteiger partial charge in [-0.2, -0.15) is 0 Å². The minimum Gasteiger partial charge on any atom is -0.480 e. The largest absolute Gasteiger partial charge is 0.480 e.